The number of hydrogen-bond donors (Lipinski definition) is 2. The molecule has 0 aliphatic heterocycles. The van der Waals surface area contributed by atoms with Crippen LogP contribution in [0.3, 0.4) is 0 Å². The smallest absolute Gasteiger partial charge is 0.216 e. The SMILES string of the molecule is CCc1n[nH]c(=S)n1/N=C(\c1ccccc1)C(O)c1ccccc1. The lowest BCUT2D eigenvalue weighted by Gasteiger charge is -2.15. The highest BCUT2D eigenvalue weighted by atomic mass is 32.1. The summed E-state index contributed by atoms with van der Waals surface area (Å²) < 4.78 is 1.98. The molecule has 1 atom stereocenters. The van der Waals surface area contributed by atoms with Crippen LogP contribution >= 0.6 is 12.2 Å². The van der Waals surface area contributed by atoms with E-state index in [1.54, 1.807) is 4.68 Å². The third kappa shape index (κ3) is 3.34. The van der Waals surface area contributed by atoms with Crippen LogP contribution in [0.1, 0.15) is 30.0 Å². The lowest BCUT2D eigenvalue weighted by atomic mass is 9.99. The Morgan fingerprint density at radius 1 is 1.17 bits per heavy atom. The number of aromatic nitrogens is 3. The standard InChI is InChI=1S/C18H18N4OS/c1-2-15-19-20-18(24)22(15)21-16(13-9-5-3-6-10-13)17(23)14-11-7-4-8-12-14/h3-12,17,23H,2H2,1H3,(H,20,24)/b21-16+. The van der Waals surface area contributed by atoms with Gasteiger partial charge in [0, 0.05) is 12.0 Å². The fraction of sp³-hybridized carbons (Fsp3) is 0.167. The van der Waals surface area contributed by atoms with E-state index >= 15 is 0 Å². The molecule has 1 aromatic heterocycles. The lowest BCUT2D eigenvalue weighted by molar-refractivity contribution is 0.247. The Bertz CT molecular complexity index is 884. The summed E-state index contributed by atoms with van der Waals surface area (Å²) in [6.07, 6.45) is -0.185. The first kappa shape index (κ1) is 16.3. The predicted octanol–water partition coefficient (Wildman–Crippen LogP) is 3.49. The van der Waals surface area contributed by atoms with Gasteiger partial charge in [0.2, 0.25) is 4.77 Å². The normalized spacial score (nSPS) is 13.0. The molecule has 2 N–H and O–H groups in total. The van der Waals surface area contributed by atoms with Gasteiger partial charge in [0.15, 0.2) is 5.82 Å². The molecule has 0 fully saturated rings. The number of benzene rings is 2. The third-order valence-corrected chi connectivity index (χ3v) is 3.95. The molecule has 3 aromatic rings. The van der Waals surface area contributed by atoms with Gasteiger partial charge in [-0.25, -0.2) is 0 Å². The molecular formula is C18H18N4OS. The van der Waals surface area contributed by atoms with Crippen molar-refractivity contribution in [1.29, 1.82) is 0 Å². The Hall–Kier alpha value is -2.57. The van der Waals surface area contributed by atoms with Crippen LogP contribution in [0.4, 0.5) is 0 Å². The first-order valence-electron chi connectivity index (χ1n) is 7.74. The number of nitrogens with zero attached hydrogens (tertiary/aromatic N) is 3. The van der Waals surface area contributed by atoms with Crippen molar-refractivity contribution in [3.63, 3.8) is 0 Å². The van der Waals surface area contributed by atoms with E-state index in [0.717, 1.165) is 11.1 Å². The minimum absolute atomic E-state index is 0.403. The Labute approximate surface area is 145 Å². The maximum Gasteiger partial charge on any atom is 0.216 e. The molecule has 24 heavy (non-hydrogen) atoms. The van der Waals surface area contributed by atoms with Gasteiger partial charge in [-0.3, -0.25) is 5.10 Å². The molecule has 2 aromatic carbocycles. The summed E-state index contributed by atoms with van der Waals surface area (Å²) in [6, 6.07) is 19.0. The molecule has 3 rings (SSSR count). The number of nitrogens with one attached hydrogen (secondary N) is 1. The molecule has 0 aliphatic carbocycles. The van der Waals surface area contributed by atoms with Crippen LogP contribution in [0.5, 0.6) is 0 Å². The monoisotopic (exact) mass is 338 g/mol. The lowest BCUT2D eigenvalue weighted by Crippen LogP contribution is -2.16. The van der Waals surface area contributed by atoms with Crippen molar-refractivity contribution in [3.8, 4) is 0 Å². The zero-order valence-corrected chi connectivity index (χ0v) is 14.1. The summed E-state index contributed by atoms with van der Waals surface area (Å²) in [5.74, 6) is 0.716. The van der Waals surface area contributed by atoms with E-state index in [4.69, 9.17) is 12.2 Å². The average Bonchev–Trinajstić information content (AvgIpc) is 3.00. The van der Waals surface area contributed by atoms with Crippen LogP contribution in [-0.2, 0) is 6.42 Å². The van der Waals surface area contributed by atoms with Gasteiger partial charge in [-0.2, -0.15) is 14.9 Å². The van der Waals surface area contributed by atoms with Crippen molar-refractivity contribution in [2.24, 2.45) is 5.10 Å². The first-order chi connectivity index (χ1) is 11.7. The summed E-state index contributed by atoms with van der Waals surface area (Å²) in [5, 5.41) is 22.4. The van der Waals surface area contributed by atoms with Gasteiger partial charge in [0.1, 0.15) is 11.8 Å². The Balaban J connectivity index is 2.14. The van der Waals surface area contributed by atoms with Crippen molar-refractivity contribution < 1.29 is 5.11 Å². The molecule has 0 spiro atoms. The largest absolute Gasteiger partial charge is 0.382 e. The zero-order valence-electron chi connectivity index (χ0n) is 13.3. The van der Waals surface area contributed by atoms with Crippen molar-refractivity contribution in [2.45, 2.75) is 19.4 Å². The first-order valence-corrected chi connectivity index (χ1v) is 8.15. The summed E-state index contributed by atoms with van der Waals surface area (Å²) in [5.41, 5.74) is 2.13. The zero-order chi connectivity index (χ0) is 16.9. The summed E-state index contributed by atoms with van der Waals surface area (Å²) in [4.78, 5) is 0. The average molecular weight is 338 g/mol. The molecule has 0 bridgehead atoms. The van der Waals surface area contributed by atoms with Gasteiger partial charge in [-0.05, 0) is 17.8 Å². The topological polar surface area (TPSA) is 66.2 Å². The predicted molar refractivity (Wildman–Crippen MR) is 96.6 cm³/mol. The molecular weight excluding hydrogens is 320 g/mol. The Morgan fingerprint density at radius 3 is 2.42 bits per heavy atom. The van der Waals surface area contributed by atoms with Gasteiger partial charge in [0.25, 0.3) is 0 Å². The highest BCUT2D eigenvalue weighted by Crippen LogP contribution is 2.20. The Kier molecular flexibility index (Phi) is 4.98. The molecule has 0 saturated carbocycles. The van der Waals surface area contributed by atoms with Crippen molar-refractivity contribution in [2.75, 3.05) is 0 Å². The minimum atomic E-state index is -0.866. The maximum atomic E-state index is 10.9. The fourth-order valence-electron chi connectivity index (χ4n) is 2.44. The highest BCUT2D eigenvalue weighted by molar-refractivity contribution is 7.71. The van der Waals surface area contributed by atoms with Crippen LogP contribution in [0.25, 0.3) is 0 Å². The van der Waals surface area contributed by atoms with Crippen LogP contribution in [0, 0.1) is 4.77 Å². The number of aryl methyl sites for hydroxylation is 1. The second-order valence-corrected chi connectivity index (χ2v) is 5.66. The minimum Gasteiger partial charge on any atom is -0.382 e. The van der Waals surface area contributed by atoms with E-state index in [2.05, 4.69) is 15.3 Å². The Morgan fingerprint density at radius 2 is 1.79 bits per heavy atom. The number of aliphatic hydroxyl groups excluding tert-OH is 1. The maximum absolute atomic E-state index is 10.9. The van der Waals surface area contributed by atoms with Crippen molar-refractivity contribution in [3.05, 3.63) is 82.4 Å². The number of rotatable bonds is 5. The highest BCUT2D eigenvalue weighted by Gasteiger charge is 2.18. The fourth-order valence-corrected chi connectivity index (χ4v) is 2.63. The number of aliphatic hydroxyl groups is 1. The number of H-pyrrole nitrogens is 1. The van der Waals surface area contributed by atoms with Crippen LogP contribution in [-0.4, -0.2) is 25.7 Å². The number of aromatic amines is 1. The van der Waals surface area contributed by atoms with Gasteiger partial charge in [-0.15, -0.1) is 0 Å². The van der Waals surface area contributed by atoms with Gasteiger partial charge in [-0.1, -0.05) is 67.6 Å². The molecule has 0 radical (unpaired) electrons. The molecule has 0 saturated heterocycles. The van der Waals surface area contributed by atoms with E-state index in [0.29, 0.717) is 22.7 Å². The molecule has 122 valence electrons. The second-order valence-electron chi connectivity index (χ2n) is 5.27. The summed E-state index contributed by atoms with van der Waals surface area (Å²) in [6.45, 7) is 1.98. The van der Waals surface area contributed by atoms with Gasteiger partial charge >= 0.3 is 0 Å². The molecule has 1 unspecified atom stereocenters. The third-order valence-electron chi connectivity index (χ3n) is 3.69. The van der Waals surface area contributed by atoms with Gasteiger partial charge < -0.3 is 5.11 Å². The van der Waals surface area contributed by atoms with Crippen LogP contribution in [0.2, 0.25) is 0 Å². The van der Waals surface area contributed by atoms with Crippen molar-refractivity contribution in [1.82, 2.24) is 14.9 Å². The summed E-state index contributed by atoms with van der Waals surface area (Å²) in [7, 11) is 0. The second kappa shape index (κ2) is 7.33. The van der Waals surface area contributed by atoms with Crippen molar-refractivity contribution >= 4 is 17.9 Å². The van der Waals surface area contributed by atoms with Gasteiger partial charge in [0.05, 0.1) is 0 Å². The molecule has 1 heterocycles. The number of hydrogen-bond acceptors (Lipinski definition) is 4. The van der Waals surface area contributed by atoms with Crippen LogP contribution < -0.4 is 0 Å². The summed E-state index contributed by atoms with van der Waals surface area (Å²) >= 11 is 5.27. The van der Waals surface area contributed by atoms with Crippen LogP contribution in [0.15, 0.2) is 65.8 Å². The molecule has 5 nitrogen and oxygen atoms in total. The molecule has 0 aliphatic rings. The molecule has 0 amide bonds. The quantitative estimate of drug-likeness (QED) is 0.553. The van der Waals surface area contributed by atoms with E-state index in [1.807, 2.05) is 67.6 Å². The van der Waals surface area contributed by atoms with E-state index < -0.39 is 6.10 Å². The van der Waals surface area contributed by atoms with E-state index in [-0.39, 0.29) is 0 Å². The van der Waals surface area contributed by atoms with E-state index in [9.17, 15) is 5.11 Å². The van der Waals surface area contributed by atoms with E-state index in [1.165, 1.54) is 0 Å². The molecule has 6 heteroatoms.